The predicted molar refractivity (Wildman–Crippen MR) is 111 cm³/mol. The fraction of sp³-hybridized carbons (Fsp3) is 0.150. The Morgan fingerprint density at radius 3 is 2.81 bits per heavy atom. The summed E-state index contributed by atoms with van der Waals surface area (Å²) < 4.78 is 1.90. The van der Waals surface area contributed by atoms with Gasteiger partial charge in [0.1, 0.15) is 0 Å². The number of rotatable bonds is 7. The molecule has 0 saturated heterocycles. The molecule has 3 aromatic rings. The topological polar surface area (TPSA) is 59.8 Å². The Morgan fingerprint density at radius 1 is 1.26 bits per heavy atom. The summed E-state index contributed by atoms with van der Waals surface area (Å²) in [6, 6.07) is 15.2. The normalized spacial score (nSPS) is 10.6. The molecule has 3 rings (SSSR count). The van der Waals surface area contributed by atoms with Gasteiger partial charge in [-0.1, -0.05) is 53.7 Å². The van der Waals surface area contributed by atoms with Crippen molar-refractivity contribution in [2.45, 2.75) is 18.6 Å². The fourth-order valence-corrected chi connectivity index (χ4v) is 3.55. The van der Waals surface area contributed by atoms with E-state index in [1.54, 1.807) is 6.08 Å². The van der Waals surface area contributed by atoms with Crippen LogP contribution in [-0.4, -0.2) is 26.4 Å². The number of aryl methyl sites for hydroxylation is 1. The molecule has 0 aliphatic heterocycles. The Balaban J connectivity index is 1.74. The number of aromatic nitrogens is 3. The first-order valence-electron chi connectivity index (χ1n) is 8.37. The van der Waals surface area contributed by atoms with Gasteiger partial charge in [-0.05, 0) is 36.8 Å². The van der Waals surface area contributed by atoms with Gasteiger partial charge in [-0.3, -0.25) is 9.36 Å². The average Bonchev–Trinajstić information content (AvgIpc) is 3.03. The molecule has 0 saturated carbocycles. The molecule has 5 nitrogen and oxygen atoms in total. The standard InChI is InChI=1S/C20H19ClN4OS/c1-3-11-25-19(16-9-4-5-10-17(16)21)23-24-20(25)27-13-18(26)22-15-8-6-7-14(2)12-15/h3-10,12H,1,11,13H2,2H3,(H,22,26). The highest BCUT2D eigenvalue weighted by Gasteiger charge is 2.16. The van der Waals surface area contributed by atoms with Gasteiger partial charge in [0.25, 0.3) is 0 Å². The molecular weight excluding hydrogens is 380 g/mol. The summed E-state index contributed by atoms with van der Waals surface area (Å²) in [4.78, 5) is 12.3. The lowest BCUT2D eigenvalue weighted by Gasteiger charge is -2.09. The Labute approximate surface area is 167 Å². The molecule has 1 amide bonds. The van der Waals surface area contributed by atoms with Gasteiger partial charge in [-0.25, -0.2) is 0 Å². The molecule has 0 aliphatic rings. The van der Waals surface area contributed by atoms with Crippen LogP contribution in [0.1, 0.15) is 5.56 Å². The van der Waals surface area contributed by atoms with Gasteiger partial charge in [0.05, 0.1) is 10.8 Å². The van der Waals surface area contributed by atoms with E-state index in [-0.39, 0.29) is 11.7 Å². The number of benzene rings is 2. The van der Waals surface area contributed by atoms with E-state index < -0.39 is 0 Å². The molecule has 2 aromatic carbocycles. The number of hydrogen-bond donors (Lipinski definition) is 1. The highest BCUT2D eigenvalue weighted by Crippen LogP contribution is 2.29. The van der Waals surface area contributed by atoms with E-state index in [9.17, 15) is 4.79 Å². The second kappa shape index (κ2) is 8.88. The molecule has 0 atom stereocenters. The fourth-order valence-electron chi connectivity index (χ4n) is 2.58. The summed E-state index contributed by atoms with van der Waals surface area (Å²) >= 11 is 7.62. The van der Waals surface area contributed by atoms with Crippen LogP contribution >= 0.6 is 23.4 Å². The van der Waals surface area contributed by atoms with Crippen molar-refractivity contribution in [3.63, 3.8) is 0 Å². The number of hydrogen-bond acceptors (Lipinski definition) is 4. The lowest BCUT2D eigenvalue weighted by Crippen LogP contribution is -2.14. The number of halogens is 1. The van der Waals surface area contributed by atoms with E-state index in [0.717, 1.165) is 16.8 Å². The van der Waals surface area contributed by atoms with Gasteiger partial charge in [-0.15, -0.1) is 16.8 Å². The Kier molecular flexibility index (Phi) is 6.32. The first-order chi connectivity index (χ1) is 13.1. The maximum Gasteiger partial charge on any atom is 0.234 e. The minimum absolute atomic E-state index is 0.0990. The quantitative estimate of drug-likeness (QED) is 0.457. The molecule has 0 radical (unpaired) electrons. The molecule has 1 aromatic heterocycles. The van der Waals surface area contributed by atoms with Gasteiger partial charge >= 0.3 is 0 Å². The number of carbonyl (C=O) groups is 1. The van der Waals surface area contributed by atoms with Gasteiger partial charge in [-0.2, -0.15) is 0 Å². The number of nitrogens with zero attached hydrogens (tertiary/aromatic N) is 3. The average molecular weight is 399 g/mol. The zero-order chi connectivity index (χ0) is 19.2. The zero-order valence-electron chi connectivity index (χ0n) is 14.9. The smallest absolute Gasteiger partial charge is 0.234 e. The third-order valence-corrected chi connectivity index (χ3v) is 5.07. The van der Waals surface area contributed by atoms with E-state index >= 15 is 0 Å². The van der Waals surface area contributed by atoms with Crippen LogP contribution in [0.5, 0.6) is 0 Å². The maximum absolute atomic E-state index is 12.3. The molecule has 0 bridgehead atoms. The summed E-state index contributed by atoms with van der Waals surface area (Å²) in [5, 5.41) is 12.6. The first-order valence-corrected chi connectivity index (χ1v) is 9.73. The van der Waals surface area contributed by atoms with E-state index in [1.165, 1.54) is 11.8 Å². The van der Waals surface area contributed by atoms with Crippen LogP contribution in [0.25, 0.3) is 11.4 Å². The van der Waals surface area contributed by atoms with Gasteiger partial charge < -0.3 is 5.32 Å². The minimum atomic E-state index is -0.0990. The monoisotopic (exact) mass is 398 g/mol. The molecule has 138 valence electrons. The second-order valence-corrected chi connectivity index (χ2v) is 7.24. The van der Waals surface area contributed by atoms with Crippen molar-refractivity contribution in [1.29, 1.82) is 0 Å². The van der Waals surface area contributed by atoms with E-state index in [1.807, 2.05) is 60.0 Å². The highest BCUT2D eigenvalue weighted by molar-refractivity contribution is 7.99. The number of nitrogens with one attached hydrogen (secondary N) is 1. The summed E-state index contributed by atoms with van der Waals surface area (Å²) in [6.07, 6.45) is 1.76. The summed E-state index contributed by atoms with van der Waals surface area (Å²) in [5.41, 5.74) is 2.67. The molecule has 0 fully saturated rings. The minimum Gasteiger partial charge on any atom is -0.325 e. The first kappa shape index (κ1) is 19.2. The third-order valence-electron chi connectivity index (χ3n) is 3.78. The van der Waals surface area contributed by atoms with E-state index in [2.05, 4.69) is 22.1 Å². The molecule has 7 heteroatoms. The van der Waals surface area contributed by atoms with E-state index in [0.29, 0.717) is 22.5 Å². The van der Waals surface area contributed by atoms with Crippen molar-refractivity contribution in [3.8, 4) is 11.4 Å². The van der Waals surface area contributed by atoms with Crippen LogP contribution in [0.3, 0.4) is 0 Å². The van der Waals surface area contributed by atoms with Crippen LogP contribution in [0, 0.1) is 6.92 Å². The lowest BCUT2D eigenvalue weighted by atomic mass is 10.2. The number of thioether (sulfide) groups is 1. The Hall–Kier alpha value is -2.57. The Morgan fingerprint density at radius 2 is 2.07 bits per heavy atom. The summed E-state index contributed by atoms with van der Waals surface area (Å²) in [6.45, 7) is 6.30. The predicted octanol–water partition coefficient (Wildman–Crippen LogP) is 4.82. The Bertz CT molecular complexity index is 970. The van der Waals surface area contributed by atoms with Crippen molar-refractivity contribution in [2.75, 3.05) is 11.1 Å². The number of allylic oxidation sites excluding steroid dienone is 1. The van der Waals surface area contributed by atoms with Gasteiger partial charge in [0.15, 0.2) is 11.0 Å². The number of amides is 1. The van der Waals surface area contributed by atoms with Crippen molar-refractivity contribution < 1.29 is 4.79 Å². The number of carbonyl (C=O) groups excluding carboxylic acids is 1. The number of anilines is 1. The molecule has 1 heterocycles. The van der Waals surface area contributed by atoms with Crippen molar-refractivity contribution in [1.82, 2.24) is 14.8 Å². The molecule has 27 heavy (non-hydrogen) atoms. The molecule has 0 aliphatic carbocycles. The second-order valence-electron chi connectivity index (χ2n) is 5.89. The molecule has 0 unspecified atom stereocenters. The van der Waals surface area contributed by atoms with Crippen molar-refractivity contribution in [2.24, 2.45) is 0 Å². The highest BCUT2D eigenvalue weighted by atomic mass is 35.5. The van der Waals surface area contributed by atoms with Crippen LogP contribution in [0.4, 0.5) is 5.69 Å². The molecule has 0 spiro atoms. The van der Waals surface area contributed by atoms with Crippen LogP contribution < -0.4 is 5.32 Å². The van der Waals surface area contributed by atoms with Crippen LogP contribution in [-0.2, 0) is 11.3 Å². The van der Waals surface area contributed by atoms with Crippen LogP contribution in [0.2, 0.25) is 5.02 Å². The SMILES string of the molecule is C=CCn1c(SCC(=O)Nc2cccc(C)c2)nnc1-c1ccccc1Cl. The maximum atomic E-state index is 12.3. The lowest BCUT2D eigenvalue weighted by molar-refractivity contribution is -0.113. The molecular formula is C20H19ClN4OS. The zero-order valence-corrected chi connectivity index (χ0v) is 16.4. The van der Waals surface area contributed by atoms with Gasteiger partial charge in [0.2, 0.25) is 5.91 Å². The largest absolute Gasteiger partial charge is 0.325 e. The summed E-state index contributed by atoms with van der Waals surface area (Å²) in [5.74, 6) is 0.784. The van der Waals surface area contributed by atoms with E-state index in [4.69, 9.17) is 11.6 Å². The van der Waals surface area contributed by atoms with Crippen molar-refractivity contribution in [3.05, 3.63) is 71.8 Å². The van der Waals surface area contributed by atoms with Gasteiger partial charge in [0, 0.05) is 17.8 Å². The molecule has 1 N–H and O–H groups in total. The third kappa shape index (κ3) is 4.78. The van der Waals surface area contributed by atoms with Crippen molar-refractivity contribution >= 4 is 35.0 Å². The summed E-state index contributed by atoms with van der Waals surface area (Å²) in [7, 11) is 0. The van der Waals surface area contributed by atoms with Crippen LogP contribution in [0.15, 0.2) is 66.3 Å².